The van der Waals surface area contributed by atoms with Crippen LogP contribution in [0.15, 0.2) is 0 Å². The summed E-state index contributed by atoms with van der Waals surface area (Å²) in [7, 11) is 0. The van der Waals surface area contributed by atoms with Crippen LogP contribution in [0.1, 0.15) is 40.5 Å². The Morgan fingerprint density at radius 2 is 1.36 bits per heavy atom. The van der Waals surface area contributed by atoms with E-state index in [4.69, 9.17) is 5.11 Å². The number of hydrogen-bond acceptors (Lipinski definition) is 2. The van der Waals surface area contributed by atoms with Crippen LogP contribution in [0.5, 0.6) is 0 Å². The lowest BCUT2D eigenvalue weighted by Gasteiger charge is -1.80. The summed E-state index contributed by atoms with van der Waals surface area (Å²) in [6, 6.07) is 0. The normalized spacial score (nSPS) is 14.7. The second-order valence-electron chi connectivity index (χ2n) is 2.55. The summed E-state index contributed by atoms with van der Waals surface area (Å²) in [6.07, 6.45) is 2.61. The number of aliphatic hydroxyl groups excluding tert-OH is 1. The Balaban J connectivity index is 0. The van der Waals surface area contributed by atoms with Gasteiger partial charge < -0.3 is 10.4 Å². The Kier molecular flexibility index (Phi) is 15.4. The molecule has 2 nitrogen and oxygen atoms in total. The van der Waals surface area contributed by atoms with Crippen molar-refractivity contribution < 1.29 is 5.11 Å². The molecular weight excluding hydrogens is 138 g/mol. The molecule has 0 saturated carbocycles. The van der Waals surface area contributed by atoms with E-state index in [1.807, 2.05) is 13.8 Å². The largest absolute Gasteiger partial charge is 0.394 e. The first-order valence-corrected chi connectivity index (χ1v) is 4.62. The Morgan fingerprint density at radius 3 is 1.45 bits per heavy atom. The zero-order chi connectivity index (χ0) is 9.11. The molecule has 0 aromatic rings. The second-order valence-corrected chi connectivity index (χ2v) is 2.55. The van der Waals surface area contributed by atoms with E-state index in [2.05, 4.69) is 5.32 Å². The summed E-state index contributed by atoms with van der Waals surface area (Å²) in [5.41, 5.74) is 0. The van der Waals surface area contributed by atoms with Crippen LogP contribution in [-0.4, -0.2) is 24.3 Å². The van der Waals surface area contributed by atoms with Gasteiger partial charge in [0.2, 0.25) is 0 Å². The van der Waals surface area contributed by atoms with Crippen molar-refractivity contribution in [1.29, 1.82) is 0 Å². The lowest BCUT2D eigenvalue weighted by molar-refractivity contribution is 0.216. The standard InChI is InChI=1S/C4H9N.C3H8O.C2H6/c1-2-4-5-3-1;1-3(2)4;1-2/h5H,1-4H2;3-4H,1-2H3;1-2H3. The molecule has 2 heteroatoms. The minimum Gasteiger partial charge on any atom is -0.394 e. The summed E-state index contributed by atoms with van der Waals surface area (Å²) in [4.78, 5) is 0. The molecule has 1 rings (SSSR count). The fourth-order valence-corrected chi connectivity index (χ4v) is 0.625. The molecule has 1 aliphatic heterocycles. The average Bonchev–Trinajstić information content (AvgIpc) is 2.44. The van der Waals surface area contributed by atoms with Crippen molar-refractivity contribution >= 4 is 0 Å². The zero-order valence-corrected chi connectivity index (χ0v) is 8.35. The first-order valence-electron chi connectivity index (χ1n) is 4.62. The van der Waals surface area contributed by atoms with Crippen LogP contribution in [0.4, 0.5) is 0 Å². The maximum atomic E-state index is 8.06. The van der Waals surface area contributed by atoms with Crippen LogP contribution >= 0.6 is 0 Å². The Morgan fingerprint density at radius 1 is 1.09 bits per heavy atom. The van der Waals surface area contributed by atoms with Gasteiger partial charge in [-0.05, 0) is 39.8 Å². The molecule has 11 heavy (non-hydrogen) atoms. The van der Waals surface area contributed by atoms with E-state index in [-0.39, 0.29) is 6.10 Å². The third-order valence-electron chi connectivity index (χ3n) is 0.957. The molecule has 0 aromatic heterocycles. The summed E-state index contributed by atoms with van der Waals surface area (Å²) < 4.78 is 0. The first kappa shape index (κ1) is 13.5. The van der Waals surface area contributed by atoms with Gasteiger partial charge in [0, 0.05) is 6.10 Å². The third-order valence-corrected chi connectivity index (χ3v) is 0.957. The Bertz CT molecular complexity index is 41.2. The number of hydrogen-bond donors (Lipinski definition) is 2. The number of aliphatic hydroxyl groups is 1. The quantitative estimate of drug-likeness (QED) is 0.567. The summed E-state index contributed by atoms with van der Waals surface area (Å²) >= 11 is 0. The smallest absolute Gasteiger partial charge is 0.0483 e. The fraction of sp³-hybridized carbons (Fsp3) is 1.00. The van der Waals surface area contributed by atoms with Gasteiger partial charge in [-0.25, -0.2) is 0 Å². The molecule has 2 N–H and O–H groups in total. The van der Waals surface area contributed by atoms with Gasteiger partial charge in [0.1, 0.15) is 0 Å². The van der Waals surface area contributed by atoms with Gasteiger partial charge in [0.05, 0.1) is 0 Å². The van der Waals surface area contributed by atoms with E-state index >= 15 is 0 Å². The van der Waals surface area contributed by atoms with Gasteiger partial charge >= 0.3 is 0 Å². The maximum Gasteiger partial charge on any atom is 0.0483 e. The van der Waals surface area contributed by atoms with Crippen molar-refractivity contribution in [2.75, 3.05) is 13.1 Å². The summed E-state index contributed by atoms with van der Waals surface area (Å²) in [5, 5.41) is 11.3. The van der Waals surface area contributed by atoms with Gasteiger partial charge in [0.25, 0.3) is 0 Å². The number of nitrogens with one attached hydrogen (secondary N) is 1. The monoisotopic (exact) mass is 161 g/mol. The molecule has 1 heterocycles. The van der Waals surface area contributed by atoms with Crippen LogP contribution in [-0.2, 0) is 0 Å². The molecule has 1 fully saturated rings. The van der Waals surface area contributed by atoms with Crippen LogP contribution in [0, 0.1) is 0 Å². The summed E-state index contributed by atoms with van der Waals surface area (Å²) in [6.45, 7) is 9.94. The van der Waals surface area contributed by atoms with Crippen molar-refractivity contribution in [3.05, 3.63) is 0 Å². The Hall–Kier alpha value is -0.0800. The lowest BCUT2D eigenvalue weighted by Crippen LogP contribution is -2.03. The van der Waals surface area contributed by atoms with Crippen molar-refractivity contribution in [1.82, 2.24) is 5.32 Å². The highest BCUT2D eigenvalue weighted by Gasteiger charge is 1.93. The third kappa shape index (κ3) is 25.7. The van der Waals surface area contributed by atoms with Gasteiger partial charge in [0.15, 0.2) is 0 Å². The van der Waals surface area contributed by atoms with Crippen LogP contribution in [0.3, 0.4) is 0 Å². The zero-order valence-electron chi connectivity index (χ0n) is 8.35. The SMILES string of the molecule is C1CCNC1.CC.CC(C)O. The maximum absolute atomic E-state index is 8.06. The topological polar surface area (TPSA) is 32.3 Å². The van der Waals surface area contributed by atoms with E-state index in [0.29, 0.717) is 0 Å². The molecule has 0 unspecified atom stereocenters. The molecule has 0 spiro atoms. The molecule has 1 aliphatic rings. The minimum atomic E-state index is -0.167. The molecule has 0 aromatic carbocycles. The van der Waals surface area contributed by atoms with E-state index < -0.39 is 0 Å². The molecule has 0 bridgehead atoms. The first-order chi connectivity index (χ1) is 5.23. The molecule has 0 radical (unpaired) electrons. The van der Waals surface area contributed by atoms with E-state index in [0.717, 1.165) is 0 Å². The van der Waals surface area contributed by atoms with Crippen molar-refractivity contribution in [3.63, 3.8) is 0 Å². The molecule has 0 aliphatic carbocycles. The van der Waals surface area contributed by atoms with E-state index in [9.17, 15) is 0 Å². The highest BCUT2D eigenvalue weighted by molar-refractivity contribution is 4.55. The highest BCUT2D eigenvalue weighted by atomic mass is 16.3. The molecule has 1 saturated heterocycles. The number of rotatable bonds is 0. The second kappa shape index (κ2) is 12.6. The van der Waals surface area contributed by atoms with Crippen LogP contribution < -0.4 is 5.32 Å². The molecular formula is C9H23NO. The minimum absolute atomic E-state index is 0.167. The highest BCUT2D eigenvalue weighted by Crippen LogP contribution is 1.90. The van der Waals surface area contributed by atoms with Gasteiger partial charge in [-0.1, -0.05) is 13.8 Å². The van der Waals surface area contributed by atoms with Gasteiger partial charge in [-0.15, -0.1) is 0 Å². The van der Waals surface area contributed by atoms with Gasteiger partial charge in [-0.2, -0.15) is 0 Å². The van der Waals surface area contributed by atoms with Crippen molar-refractivity contribution in [2.45, 2.75) is 46.6 Å². The summed E-state index contributed by atoms with van der Waals surface area (Å²) in [5.74, 6) is 0. The van der Waals surface area contributed by atoms with Crippen LogP contribution in [0.25, 0.3) is 0 Å². The van der Waals surface area contributed by atoms with Gasteiger partial charge in [-0.3, -0.25) is 0 Å². The molecule has 0 amide bonds. The lowest BCUT2D eigenvalue weighted by atomic mass is 10.4. The molecule has 0 atom stereocenters. The van der Waals surface area contributed by atoms with Crippen molar-refractivity contribution in [3.8, 4) is 0 Å². The van der Waals surface area contributed by atoms with Crippen LogP contribution in [0.2, 0.25) is 0 Å². The molecule has 70 valence electrons. The predicted octanol–water partition coefficient (Wildman–Crippen LogP) is 1.78. The predicted molar refractivity (Wildman–Crippen MR) is 50.8 cm³/mol. The van der Waals surface area contributed by atoms with Crippen molar-refractivity contribution in [2.24, 2.45) is 0 Å². The average molecular weight is 161 g/mol. The fourth-order valence-electron chi connectivity index (χ4n) is 0.625. The Labute approximate surface area is 71.0 Å². The van der Waals surface area contributed by atoms with E-state index in [1.54, 1.807) is 13.8 Å². The van der Waals surface area contributed by atoms with E-state index in [1.165, 1.54) is 25.9 Å².